The second-order valence-electron chi connectivity index (χ2n) is 16.6. The standard InChI is InChI=1S/C55H55Cl2N5/c1-6-40(25-41(7-2)30-58)14-17-48-28-50(55(57)29-51(48)36-62-23-22-43(31-59)35-62)21-19-46-11-9-13-53(39(46)5)52-12-8-10-45(38(52)4)18-20-49-27-47(37(3)24-54(49)56)16-15-42-26-44(32-60)34-61-33-42/h6-13,24-29,33-34,43H,1,14-23,35-36H2,2-5H3/b40-25+,41-7+. The maximum absolute atomic E-state index is 9.53. The maximum atomic E-state index is 9.53. The van der Waals surface area contributed by atoms with Gasteiger partial charge in [-0.25, -0.2) is 0 Å². The average Bonchev–Trinajstić information content (AvgIpc) is 3.74. The molecule has 0 aliphatic carbocycles. The lowest BCUT2D eigenvalue weighted by molar-refractivity contribution is 0.324. The highest BCUT2D eigenvalue weighted by molar-refractivity contribution is 6.31. The summed E-state index contributed by atoms with van der Waals surface area (Å²) < 4.78 is 0. The summed E-state index contributed by atoms with van der Waals surface area (Å²) in [5, 5.41) is 29.9. The molecule has 0 N–H and O–H groups in total. The van der Waals surface area contributed by atoms with Crippen molar-refractivity contribution < 1.29 is 0 Å². The van der Waals surface area contributed by atoms with Gasteiger partial charge in [0, 0.05) is 41.1 Å². The van der Waals surface area contributed by atoms with Crippen molar-refractivity contribution in [1.82, 2.24) is 9.88 Å². The van der Waals surface area contributed by atoms with Crippen molar-refractivity contribution in [3.63, 3.8) is 0 Å². The molecular weight excluding hydrogens is 802 g/mol. The van der Waals surface area contributed by atoms with Gasteiger partial charge >= 0.3 is 0 Å². The Balaban J connectivity index is 1.18. The van der Waals surface area contributed by atoms with E-state index in [0.717, 1.165) is 110 Å². The van der Waals surface area contributed by atoms with E-state index in [1.165, 1.54) is 55.6 Å². The van der Waals surface area contributed by atoms with Crippen LogP contribution in [-0.4, -0.2) is 23.0 Å². The van der Waals surface area contributed by atoms with Gasteiger partial charge in [-0.15, -0.1) is 0 Å². The quantitative estimate of drug-likeness (QED) is 0.0687. The summed E-state index contributed by atoms with van der Waals surface area (Å²) in [6, 6.07) is 30.9. The van der Waals surface area contributed by atoms with Crippen LogP contribution in [0.25, 0.3) is 11.1 Å². The highest BCUT2D eigenvalue weighted by Crippen LogP contribution is 2.34. The van der Waals surface area contributed by atoms with Crippen LogP contribution in [0.5, 0.6) is 0 Å². The second-order valence-corrected chi connectivity index (χ2v) is 17.4. The minimum absolute atomic E-state index is 0.0709. The first-order valence-corrected chi connectivity index (χ1v) is 22.4. The predicted molar refractivity (Wildman–Crippen MR) is 255 cm³/mol. The van der Waals surface area contributed by atoms with Crippen molar-refractivity contribution in [3.8, 4) is 29.3 Å². The number of likely N-dealkylation sites (tertiary alicyclic amines) is 1. The van der Waals surface area contributed by atoms with Crippen molar-refractivity contribution >= 4 is 23.2 Å². The van der Waals surface area contributed by atoms with Gasteiger partial charge in [-0.1, -0.05) is 90.5 Å². The van der Waals surface area contributed by atoms with Crippen LogP contribution < -0.4 is 0 Å². The smallest absolute Gasteiger partial charge is 0.101 e. The molecule has 0 amide bonds. The summed E-state index contributed by atoms with van der Waals surface area (Å²) in [6.45, 7) is 14.9. The third-order valence-electron chi connectivity index (χ3n) is 12.6. The summed E-state index contributed by atoms with van der Waals surface area (Å²) >= 11 is 14.0. The van der Waals surface area contributed by atoms with Crippen LogP contribution in [0.15, 0.2) is 115 Å². The normalized spacial score (nSPS) is 14.3. The monoisotopic (exact) mass is 855 g/mol. The first kappa shape index (κ1) is 45.8. The molecule has 62 heavy (non-hydrogen) atoms. The molecule has 1 aliphatic heterocycles. The highest BCUT2D eigenvalue weighted by atomic mass is 35.5. The first-order valence-electron chi connectivity index (χ1n) is 21.6. The summed E-state index contributed by atoms with van der Waals surface area (Å²) in [7, 11) is 0. The number of rotatable bonds is 17. The first-order chi connectivity index (χ1) is 30.0. The molecule has 1 unspecified atom stereocenters. The molecule has 0 radical (unpaired) electrons. The fraction of sp³-hybridized carbons (Fsp3) is 0.309. The van der Waals surface area contributed by atoms with Crippen LogP contribution in [0.3, 0.4) is 0 Å². The molecule has 314 valence electrons. The van der Waals surface area contributed by atoms with E-state index in [1.807, 2.05) is 37.4 Å². The third kappa shape index (κ3) is 11.6. The molecule has 5 aromatic rings. The number of hydrogen-bond acceptors (Lipinski definition) is 5. The SMILES string of the molecule is C=C/C(=C\C(C#N)=C/C)CCc1cc(CCc2cccc(-c3cccc(CCc4cc(CCc5cncc(C#N)c5)c(C)cc4Cl)c3C)c2C)c(Cl)cc1CN1CCC(C#N)C1. The van der Waals surface area contributed by atoms with Gasteiger partial charge in [0.2, 0.25) is 0 Å². The van der Waals surface area contributed by atoms with E-state index >= 15 is 0 Å². The molecule has 1 fully saturated rings. The number of aryl methyl sites for hydroxylation is 8. The van der Waals surface area contributed by atoms with Gasteiger partial charge in [0.25, 0.3) is 0 Å². The summed E-state index contributed by atoms with van der Waals surface area (Å²) in [4.78, 5) is 6.60. The molecule has 2 heterocycles. The maximum Gasteiger partial charge on any atom is 0.101 e. The van der Waals surface area contributed by atoms with Crippen molar-refractivity contribution in [3.05, 3.63) is 192 Å². The lowest BCUT2D eigenvalue weighted by Gasteiger charge is -2.20. The number of hydrogen-bond donors (Lipinski definition) is 0. The van der Waals surface area contributed by atoms with Crippen LogP contribution in [-0.2, 0) is 51.5 Å². The van der Waals surface area contributed by atoms with Crippen LogP contribution >= 0.6 is 23.2 Å². The average molecular weight is 857 g/mol. The molecule has 0 saturated carbocycles. The van der Waals surface area contributed by atoms with Gasteiger partial charge in [0.15, 0.2) is 0 Å². The number of aromatic nitrogens is 1. The Morgan fingerprint density at radius 3 is 1.98 bits per heavy atom. The molecular formula is C55H55Cl2N5. The Labute approximate surface area is 379 Å². The molecule has 6 rings (SSSR count). The molecule has 1 aromatic heterocycles. The molecule has 1 saturated heterocycles. The Morgan fingerprint density at radius 2 is 1.39 bits per heavy atom. The minimum atomic E-state index is 0.0709. The fourth-order valence-corrected chi connectivity index (χ4v) is 9.31. The zero-order valence-electron chi connectivity index (χ0n) is 36.5. The van der Waals surface area contributed by atoms with Gasteiger partial charge in [-0.2, -0.15) is 15.8 Å². The largest absolute Gasteiger partial charge is 0.298 e. The van der Waals surface area contributed by atoms with Crippen molar-refractivity contribution in [2.24, 2.45) is 5.92 Å². The fourth-order valence-electron chi connectivity index (χ4n) is 8.72. The Bertz CT molecular complexity index is 2630. The molecule has 0 spiro atoms. The zero-order chi connectivity index (χ0) is 44.2. The van der Waals surface area contributed by atoms with Crippen molar-refractivity contribution in [1.29, 1.82) is 15.8 Å². The van der Waals surface area contributed by atoms with Gasteiger partial charge in [-0.05, 0) is 194 Å². The van der Waals surface area contributed by atoms with E-state index in [1.54, 1.807) is 6.20 Å². The van der Waals surface area contributed by atoms with Gasteiger partial charge < -0.3 is 0 Å². The molecule has 4 aromatic carbocycles. The van der Waals surface area contributed by atoms with Gasteiger partial charge in [0.1, 0.15) is 6.07 Å². The van der Waals surface area contributed by atoms with Crippen LogP contribution in [0.2, 0.25) is 10.0 Å². The number of halogens is 2. The van der Waals surface area contributed by atoms with E-state index in [0.29, 0.717) is 11.1 Å². The molecule has 7 heteroatoms. The summed E-state index contributed by atoms with van der Waals surface area (Å²) in [6.07, 6.45) is 16.5. The van der Waals surface area contributed by atoms with Gasteiger partial charge in [-0.3, -0.25) is 9.88 Å². The Morgan fingerprint density at radius 1 is 0.758 bits per heavy atom. The van der Waals surface area contributed by atoms with Crippen LogP contribution in [0.4, 0.5) is 0 Å². The van der Waals surface area contributed by atoms with Gasteiger partial charge in [0.05, 0.1) is 23.6 Å². The van der Waals surface area contributed by atoms with E-state index in [-0.39, 0.29) is 5.92 Å². The van der Waals surface area contributed by atoms with E-state index in [2.05, 4.69) is 116 Å². The molecule has 0 bridgehead atoms. The van der Waals surface area contributed by atoms with E-state index < -0.39 is 0 Å². The van der Waals surface area contributed by atoms with E-state index in [9.17, 15) is 15.8 Å². The third-order valence-corrected chi connectivity index (χ3v) is 13.3. The molecule has 5 nitrogen and oxygen atoms in total. The minimum Gasteiger partial charge on any atom is -0.298 e. The number of pyridine rings is 1. The number of benzene rings is 4. The lowest BCUT2D eigenvalue weighted by Crippen LogP contribution is -2.21. The summed E-state index contributed by atoms with van der Waals surface area (Å²) in [5.41, 5.74) is 18.1. The molecule has 1 aliphatic rings. The predicted octanol–water partition coefficient (Wildman–Crippen LogP) is 13.1. The van der Waals surface area contributed by atoms with Crippen molar-refractivity contribution in [2.45, 2.75) is 92.0 Å². The highest BCUT2D eigenvalue weighted by Gasteiger charge is 2.23. The van der Waals surface area contributed by atoms with Crippen molar-refractivity contribution in [2.75, 3.05) is 13.1 Å². The number of allylic oxidation sites excluding steroid dienone is 5. The lowest BCUT2D eigenvalue weighted by atomic mass is 9.88. The van der Waals surface area contributed by atoms with Crippen LogP contribution in [0.1, 0.15) is 86.5 Å². The topological polar surface area (TPSA) is 87.5 Å². The second kappa shape index (κ2) is 21.9. The Hall–Kier alpha value is -5.74. The summed E-state index contributed by atoms with van der Waals surface area (Å²) in [5.74, 6) is 0.0709. The molecule has 1 atom stereocenters. The Kier molecular flexibility index (Phi) is 16.1. The number of nitrogens with zero attached hydrogens (tertiary/aromatic N) is 5. The zero-order valence-corrected chi connectivity index (χ0v) is 38.0. The number of nitriles is 3. The van der Waals surface area contributed by atoms with Crippen LogP contribution in [0, 0.1) is 60.7 Å². The van der Waals surface area contributed by atoms with E-state index in [4.69, 9.17) is 23.2 Å².